The molecule has 1 fully saturated rings. The van der Waals surface area contributed by atoms with Gasteiger partial charge in [-0.3, -0.25) is 0 Å². The van der Waals surface area contributed by atoms with E-state index in [1.54, 1.807) is 0 Å². The second-order valence-electron chi connectivity index (χ2n) is 5.58. The molecule has 2 aromatic rings. The van der Waals surface area contributed by atoms with Gasteiger partial charge in [0.1, 0.15) is 5.82 Å². The lowest BCUT2D eigenvalue weighted by Gasteiger charge is -2.08. The summed E-state index contributed by atoms with van der Waals surface area (Å²) in [5, 5.41) is 8.70. The van der Waals surface area contributed by atoms with Crippen molar-refractivity contribution in [3.63, 3.8) is 0 Å². The highest BCUT2D eigenvalue weighted by Crippen LogP contribution is 2.41. The van der Waals surface area contributed by atoms with Crippen LogP contribution in [0.3, 0.4) is 0 Å². The van der Waals surface area contributed by atoms with Crippen LogP contribution in [0.4, 0.5) is 0 Å². The number of fused-ring (bicyclic) bond motifs is 1. The number of hydrogen-bond donors (Lipinski definition) is 0. The fourth-order valence-corrected chi connectivity index (χ4v) is 2.60. The van der Waals surface area contributed by atoms with Gasteiger partial charge in [-0.25, -0.2) is 4.98 Å². The van der Waals surface area contributed by atoms with Gasteiger partial charge in [0, 0.05) is 18.9 Å². The number of rotatable bonds is 4. The number of benzene rings is 1. The average Bonchev–Trinajstić information content (AvgIpc) is 3.17. The molecule has 0 bridgehead atoms. The smallest absolute Gasteiger partial charge is 0.112 e. The third-order valence-electron chi connectivity index (χ3n) is 4.01. The summed E-state index contributed by atoms with van der Waals surface area (Å²) in [5.74, 6) is 1.88. The van der Waals surface area contributed by atoms with E-state index in [2.05, 4.69) is 36.6 Å². The second kappa shape index (κ2) is 4.70. The van der Waals surface area contributed by atoms with E-state index < -0.39 is 0 Å². The highest BCUT2D eigenvalue weighted by Gasteiger charge is 2.29. The summed E-state index contributed by atoms with van der Waals surface area (Å²) < 4.78 is 2.34. The van der Waals surface area contributed by atoms with Gasteiger partial charge in [0.2, 0.25) is 0 Å². The third-order valence-corrected chi connectivity index (χ3v) is 4.01. The molecule has 19 heavy (non-hydrogen) atoms. The van der Waals surface area contributed by atoms with Gasteiger partial charge in [-0.2, -0.15) is 5.26 Å². The van der Waals surface area contributed by atoms with Crippen LogP contribution in [-0.4, -0.2) is 9.55 Å². The first-order valence-corrected chi connectivity index (χ1v) is 7.05. The Morgan fingerprint density at radius 2 is 2.05 bits per heavy atom. The predicted molar refractivity (Wildman–Crippen MR) is 76.0 cm³/mol. The lowest BCUT2D eigenvalue weighted by Crippen LogP contribution is -2.03. The van der Waals surface area contributed by atoms with Crippen LogP contribution < -0.4 is 0 Å². The molecule has 3 rings (SSSR count). The molecule has 0 unspecified atom stereocenters. The standard InChI is InChI=1S/C16H19N3/c1-11-9-14-15(10-12(11)2)19(8-4-3-7-17)16(18-14)13-5-6-13/h9-10,13H,3-6,8H2,1-2H3. The molecule has 1 aromatic heterocycles. The molecular formula is C16H19N3. The van der Waals surface area contributed by atoms with E-state index >= 15 is 0 Å². The van der Waals surface area contributed by atoms with E-state index in [1.165, 1.54) is 35.3 Å². The van der Waals surface area contributed by atoms with E-state index in [9.17, 15) is 0 Å². The summed E-state index contributed by atoms with van der Waals surface area (Å²) in [4.78, 5) is 4.84. The Labute approximate surface area is 113 Å². The van der Waals surface area contributed by atoms with Gasteiger partial charge >= 0.3 is 0 Å². The van der Waals surface area contributed by atoms with Crippen LogP contribution in [0.2, 0.25) is 0 Å². The lowest BCUT2D eigenvalue weighted by molar-refractivity contribution is 0.635. The van der Waals surface area contributed by atoms with Crippen LogP contribution >= 0.6 is 0 Å². The second-order valence-corrected chi connectivity index (χ2v) is 5.58. The Bertz CT molecular complexity index is 657. The quantitative estimate of drug-likeness (QED) is 0.777. The number of aryl methyl sites for hydroxylation is 3. The average molecular weight is 253 g/mol. The number of nitriles is 1. The van der Waals surface area contributed by atoms with Crippen LogP contribution in [0.15, 0.2) is 12.1 Å². The first-order valence-electron chi connectivity index (χ1n) is 7.05. The molecule has 3 nitrogen and oxygen atoms in total. The summed E-state index contributed by atoms with van der Waals surface area (Å²) in [7, 11) is 0. The first kappa shape index (κ1) is 12.2. The summed E-state index contributed by atoms with van der Waals surface area (Å²) in [5.41, 5.74) is 4.97. The fraction of sp³-hybridized carbons (Fsp3) is 0.500. The van der Waals surface area contributed by atoms with Gasteiger partial charge in [0.05, 0.1) is 17.1 Å². The van der Waals surface area contributed by atoms with Crippen molar-refractivity contribution in [3.8, 4) is 6.07 Å². The predicted octanol–water partition coefficient (Wildman–Crippen LogP) is 3.83. The minimum Gasteiger partial charge on any atom is -0.328 e. The minimum absolute atomic E-state index is 0.620. The number of aromatic nitrogens is 2. The van der Waals surface area contributed by atoms with Gasteiger partial charge in [0.25, 0.3) is 0 Å². The largest absolute Gasteiger partial charge is 0.328 e. The highest BCUT2D eigenvalue weighted by molar-refractivity contribution is 5.78. The van der Waals surface area contributed by atoms with Gasteiger partial charge in [-0.15, -0.1) is 0 Å². The summed E-state index contributed by atoms with van der Waals surface area (Å²) in [6, 6.07) is 6.67. The number of nitrogens with zero attached hydrogens (tertiary/aromatic N) is 3. The molecule has 0 saturated heterocycles. The molecule has 1 aromatic carbocycles. The molecule has 1 aliphatic carbocycles. The summed E-state index contributed by atoms with van der Waals surface area (Å²) in [6.45, 7) is 5.21. The zero-order chi connectivity index (χ0) is 13.4. The molecule has 0 radical (unpaired) electrons. The summed E-state index contributed by atoms with van der Waals surface area (Å²) in [6.07, 6.45) is 4.06. The first-order chi connectivity index (χ1) is 9.20. The Balaban J connectivity index is 2.06. The van der Waals surface area contributed by atoms with Gasteiger partial charge in [-0.05, 0) is 56.4 Å². The Morgan fingerprint density at radius 1 is 1.32 bits per heavy atom. The van der Waals surface area contributed by atoms with Gasteiger partial charge in [-0.1, -0.05) is 0 Å². The van der Waals surface area contributed by atoms with Crippen LogP contribution in [0.5, 0.6) is 0 Å². The van der Waals surface area contributed by atoms with Gasteiger partial charge in [0.15, 0.2) is 0 Å². The van der Waals surface area contributed by atoms with E-state index in [0.29, 0.717) is 12.3 Å². The topological polar surface area (TPSA) is 41.6 Å². The van der Waals surface area contributed by atoms with Crippen molar-refractivity contribution in [1.82, 2.24) is 9.55 Å². The van der Waals surface area contributed by atoms with Crippen molar-refractivity contribution in [1.29, 1.82) is 5.26 Å². The van der Waals surface area contributed by atoms with Crippen molar-refractivity contribution in [2.24, 2.45) is 0 Å². The normalized spacial score (nSPS) is 14.8. The Kier molecular flexibility index (Phi) is 3.02. The zero-order valence-electron chi connectivity index (χ0n) is 11.6. The number of unbranched alkanes of at least 4 members (excludes halogenated alkanes) is 1. The molecule has 0 amide bonds. The van der Waals surface area contributed by atoms with E-state index in [-0.39, 0.29) is 0 Å². The fourth-order valence-electron chi connectivity index (χ4n) is 2.60. The maximum absolute atomic E-state index is 8.70. The van der Waals surface area contributed by atoms with Crippen molar-refractivity contribution in [2.75, 3.05) is 0 Å². The molecule has 0 aliphatic heterocycles. The van der Waals surface area contributed by atoms with Crippen LogP contribution in [0, 0.1) is 25.2 Å². The van der Waals surface area contributed by atoms with Gasteiger partial charge < -0.3 is 4.57 Å². The maximum atomic E-state index is 8.70. The van der Waals surface area contributed by atoms with Crippen molar-refractivity contribution in [2.45, 2.75) is 52.0 Å². The molecule has 1 aliphatic rings. The lowest BCUT2D eigenvalue weighted by atomic mass is 10.1. The molecule has 0 atom stereocenters. The summed E-state index contributed by atoms with van der Waals surface area (Å²) >= 11 is 0. The number of hydrogen-bond acceptors (Lipinski definition) is 2. The minimum atomic E-state index is 0.620. The monoisotopic (exact) mass is 253 g/mol. The van der Waals surface area contributed by atoms with E-state index in [4.69, 9.17) is 10.2 Å². The number of imidazole rings is 1. The maximum Gasteiger partial charge on any atom is 0.112 e. The van der Waals surface area contributed by atoms with Crippen molar-refractivity contribution >= 4 is 11.0 Å². The van der Waals surface area contributed by atoms with Crippen LogP contribution in [0.1, 0.15) is 48.6 Å². The SMILES string of the molecule is Cc1cc2nc(C3CC3)n(CCCC#N)c2cc1C. The Morgan fingerprint density at radius 3 is 2.74 bits per heavy atom. The molecule has 98 valence electrons. The molecule has 0 N–H and O–H groups in total. The molecule has 1 saturated carbocycles. The molecule has 0 spiro atoms. The molecule has 3 heteroatoms. The van der Waals surface area contributed by atoms with E-state index in [0.717, 1.165) is 18.5 Å². The van der Waals surface area contributed by atoms with Crippen LogP contribution in [-0.2, 0) is 6.54 Å². The molecular weight excluding hydrogens is 234 g/mol. The highest BCUT2D eigenvalue weighted by atomic mass is 15.1. The van der Waals surface area contributed by atoms with Crippen molar-refractivity contribution in [3.05, 3.63) is 29.1 Å². The third kappa shape index (κ3) is 2.23. The van der Waals surface area contributed by atoms with E-state index in [1.807, 2.05) is 0 Å². The molecule has 1 heterocycles. The Hall–Kier alpha value is -1.82. The zero-order valence-corrected chi connectivity index (χ0v) is 11.6. The van der Waals surface area contributed by atoms with Crippen LogP contribution in [0.25, 0.3) is 11.0 Å². The van der Waals surface area contributed by atoms with Crippen molar-refractivity contribution < 1.29 is 0 Å².